The fraction of sp³-hybridized carbons (Fsp3) is 0. The molecule has 0 unspecified atom stereocenters. The van der Waals surface area contributed by atoms with Gasteiger partial charge < -0.3 is 10.8 Å². The van der Waals surface area contributed by atoms with Crippen LogP contribution in [0.2, 0.25) is 0 Å². The lowest BCUT2D eigenvalue weighted by Gasteiger charge is -2.00. The average molecular weight is 192 g/mol. The highest BCUT2D eigenvalue weighted by Gasteiger charge is 2.02. The van der Waals surface area contributed by atoms with E-state index in [1.54, 1.807) is 35.2 Å². The van der Waals surface area contributed by atoms with Crippen LogP contribution in [-0.2, 0) is 0 Å². The molecule has 2 rings (SSSR count). The average Bonchev–Trinajstić information content (AvgIpc) is 2.62. The molecule has 0 amide bonds. The summed E-state index contributed by atoms with van der Waals surface area (Å²) in [5.74, 6) is 0.119. The van der Waals surface area contributed by atoms with Gasteiger partial charge in [0, 0.05) is 6.20 Å². The minimum Gasteiger partial charge on any atom is -0.506 e. The first-order chi connectivity index (χ1) is 6.27. The first-order valence-electron chi connectivity index (χ1n) is 3.75. The molecular weight excluding hydrogens is 184 g/mol. The topological polar surface area (TPSA) is 59.1 Å². The molecule has 0 aliphatic rings. The molecule has 0 aliphatic carbocycles. The Morgan fingerprint density at radius 3 is 2.85 bits per heavy atom. The van der Waals surface area contributed by atoms with Crippen LogP contribution in [0, 0.1) is 0 Å². The fourth-order valence-corrected chi connectivity index (χ4v) is 1.69. The number of aromatic hydroxyl groups is 1. The van der Waals surface area contributed by atoms with Crippen molar-refractivity contribution in [1.29, 1.82) is 0 Å². The minimum absolute atomic E-state index is 0.119. The summed E-state index contributed by atoms with van der Waals surface area (Å²) >= 11 is 1.54. The molecule has 4 heteroatoms. The van der Waals surface area contributed by atoms with Crippen LogP contribution in [-0.4, -0.2) is 10.1 Å². The summed E-state index contributed by atoms with van der Waals surface area (Å²) in [6.45, 7) is 0. The lowest BCUT2D eigenvalue weighted by atomic mass is 10.2. The van der Waals surface area contributed by atoms with E-state index in [0.717, 1.165) is 10.4 Å². The number of nitrogen functional groups attached to an aromatic ring is 1. The molecule has 0 aliphatic heterocycles. The molecule has 1 heterocycles. The molecule has 3 N–H and O–H groups in total. The van der Waals surface area contributed by atoms with Gasteiger partial charge in [-0.3, -0.25) is 4.98 Å². The van der Waals surface area contributed by atoms with E-state index in [4.69, 9.17) is 5.73 Å². The number of aromatic nitrogens is 1. The Bertz CT molecular complexity index is 412. The lowest BCUT2D eigenvalue weighted by molar-refractivity contribution is 0.478. The van der Waals surface area contributed by atoms with E-state index in [2.05, 4.69) is 4.98 Å². The summed E-state index contributed by atoms with van der Waals surface area (Å²) in [5.41, 5.74) is 8.70. The monoisotopic (exact) mass is 192 g/mol. The second-order valence-electron chi connectivity index (χ2n) is 2.64. The SMILES string of the molecule is Nc1cc(-c2cncs2)ccc1O. The van der Waals surface area contributed by atoms with Gasteiger partial charge in [-0.2, -0.15) is 0 Å². The first kappa shape index (κ1) is 8.07. The van der Waals surface area contributed by atoms with Gasteiger partial charge in [-0.15, -0.1) is 11.3 Å². The molecule has 0 spiro atoms. The van der Waals surface area contributed by atoms with Crippen LogP contribution in [0.4, 0.5) is 5.69 Å². The molecular formula is C9H8N2OS. The number of hydrogen-bond acceptors (Lipinski definition) is 4. The number of phenolic OH excluding ortho intramolecular Hbond substituents is 1. The molecule has 13 heavy (non-hydrogen) atoms. The summed E-state index contributed by atoms with van der Waals surface area (Å²) in [5, 5.41) is 9.20. The quantitative estimate of drug-likeness (QED) is 0.537. The molecule has 1 aromatic heterocycles. The Hall–Kier alpha value is -1.55. The zero-order valence-electron chi connectivity index (χ0n) is 6.77. The van der Waals surface area contributed by atoms with E-state index in [9.17, 15) is 5.11 Å². The van der Waals surface area contributed by atoms with Crippen LogP contribution >= 0.6 is 11.3 Å². The van der Waals surface area contributed by atoms with Gasteiger partial charge in [0.25, 0.3) is 0 Å². The van der Waals surface area contributed by atoms with E-state index in [1.165, 1.54) is 0 Å². The summed E-state index contributed by atoms with van der Waals surface area (Å²) in [6, 6.07) is 5.15. The van der Waals surface area contributed by atoms with Crippen molar-refractivity contribution in [3.63, 3.8) is 0 Å². The first-order valence-corrected chi connectivity index (χ1v) is 4.62. The highest BCUT2D eigenvalue weighted by atomic mass is 32.1. The molecule has 0 atom stereocenters. The number of anilines is 1. The molecule has 2 aromatic rings. The van der Waals surface area contributed by atoms with Gasteiger partial charge in [-0.05, 0) is 23.8 Å². The van der Waals surface area contributed by atoms with Crippen molar-refractivity contribution in [3.05, 3.63) is 29.9 Å². The molecule has 66 valence electrons. The van der Waals surface area contributed by atoms with Gasteiger partial charge in [-0.1, -0.05) is 0 Å². The third-order valence-electron chi connectivity index (χ3n) is 1.74. The molecule has 0 saturated carbocycles. The predicted octanol–water partition coefficient (Wildman–Crippen LogP) is 2.10. The number of hydrogen-bond donors (Lipinski definition) is 2. The van der Waals surface area contributed by atoms with E-state index < -0.39 is 0 Å². The van der Waals surface area contributed by atoms with Crippen molar-refractivity contribution in [3.8, 4) is 16.2 Å². The summed E-state index contributed by atoms with van der Waals surface area (Å²) < 4.78 is 0. The van der Waals surface area contributed by atoms with Gasteiger partial charge in [-0.25, -0.2) is 0 Å². The second-order valence-corrected chi connectivity index (χ2v) is 3.53. The number of benzene rings is 1. The van der Waals surface area contributed by atoms with E-state index in [-0.39, 0.29) is 5.75 Å². The van der Waals surface area contributed by atoms with E-state index in [1.807, 2.05) is 6.07 Å². The van der Waals surface area contributed by atoms with Crippen LogP contribution in [0.3, 0.4) is 0 Å². The second kappa shape index (κ2) is 3.06. The summed E-state index contributed by atoms with van der Waals surface area (Å²) in [4.78, 5) is 5.01. The molecule has 0 saturated heterocycles. The van der Waals surface area contributed by atoms with Crippen molar-refractivity contribution in [2.45, 2.75) is 0 Å². The number of nitrogens with two attached hydrogens (primary N) is 1. The summed E-state index contributed by atoms with van der Waals surface area (Å²) in [6.07, 6.45) is 1.77. The van der Waals surface area contributed by atoms with Crippen LogP contribution in [0.5, 0.6) is 5.75 Å². The Morgan fingerprint density at radius 1 is 1.38 bits per heavy atom. The van der Waals surface area contributed by atoms with Crippen molar-refractivity contribution >= 4 is 17.0 Å². The van der Waals surface area contributed by atoms with E-state index >= 15 is 0 Å². The predicted molar refractivity (Wildman–Crippen MR) is 53.6 cm³/mol. The molecule has 3 nitrogen and oxygen atoms in total. The zero-order valence-corrected chi connectivity index (χ0v) is 7.58. The summed E-state index contributed by atoms with van der Waals surface area (Å²) in [7, 11) is 0. The van der Waals surface area contributed by atoms with Crippen LogP contribution in [0.1, 0.15) is 0 Å². The van der Waals surface area contributed by atoms with Crippen molar-refractivity contribution in [2.24, 2.45) is 0 Å². The Morgan fingerprint density at radius 2 is 2.23 bits per heavy atom. The van der Waals surface area contributed by atoms with Gasteiger partial charge in [0.1, 0.15) is 5.75 Å². The minimum atomic E-state index is 0.119. The number of thiazole rings is 1. The largest absolute Gasteiger partial charge is 0.506 e. The maximum absolute atomic E-state index is 9.20. The third-order valence-corrected chi connectivity index (χ3v) is 2.57. The molecule has 1 aromatic carbocycles. The number of rotatable bonds is 1. The van der Waals surface area contributed by atoms with Gasteiger partial charge in [0.05, 0.1) is 16.1 Å². The third kappa shape index (κ3) is 1.48. The van der Waals surface area contributed by atoms with Crippen LogP contribution < -0.4 is 5.73 Å². The Kier molecular flexibility index (Phi) is 1.90. The highest BCUT2D eigenvalue weighted by molar-refractivity contribution is 7.13. The number of phenols is 1. The fourth-order valence-electron chi connectivity index (χ4n) is 1.07. The van der Waals surface area contributed by atoms with Crippen molar-refractivity contribution in [1.82, 2.24) is 4.98 Å². The molecule has 0 bridgehead atoms. The van der Waals surface area contributed by atoms with Gasteiger partial charge in [0.15, 0.2) is 0 Å². The molecule has 0 radical (unpaired) electrons. The zero-order chi connectivity index (χ0) is 9.26. The Balaban J connectivity index is 2.49. The van der Waals surface area contributed by atoms with Crippen LogP contribution in [0.15, 0.2) is 29.9 Å². The van der Waals surface area contributed by atoms with E-state index in [0.29, 0.717) is 5.69 Å². The maximum atomic E-state index is 9.20. The maximum Gasteiger partial charge on any atom is 0.138 e. The smallest absolute Gasteiger partial charge is 0.138 e. The lowest BCUT2D eigenvalue weighted by Crippen LogP contribution is -1.85. The van der Waals surface area contributed by atoms with Gasteiger partial charge in [0.2, 0.25) is 0 Å². The van der Waals surface area contributed by atoms with Crippen molar-refractivity contribution in [2.75, 3.05) is 5.73 Å². The standard InChI is InChI=1S/C9H8N2OS/c10-7-3-6(1-2-8(7)12)9-4-11-5-13-9/h1-5,12H,10H2. The van der Waals surface area contributed by atoms with Crippen molar-refractivity contribution < 1.29 is 5.11 Å². The van der Waals surface area contributed by atoms with Gasteiger partial charge >= 0.3 is 0 Å². The normalized spacial score (nSPS) is 10.2. The highest BCUT2D eigenvalue weighted by Crippen LogP contribution is 2.29. The Labute approximate surface area is 79.5 Å². The van der Waals surface area contributed by atoms with Crippen LogP contribution in [0.25, 0.3) is 10.4 Å². The molecule has 0 fully saturated rings. The number of nitrogens with zero attached hydrogens (tertiary/aromatic N) is 1.